The topological polar surface area (TPSA) is 101 Å². The molecule has 0 aliphatic carbocycles. The molecule has 0 saturated carbocycles. The third-order valence-corrected chi connectivity index (χ3v) is 2.48. The van der Waals surface area contributed by atoms with Gasteiger partial charge in [-0.05, 0) is 12.1 Å². The number of carbonyl (C=O) groups excluding carboxylic acids is 1. The van der Waals surface area contributed by atoms with Crippen molar-refractivity contribution in [3.63, 3.8) is 0 Å². The first-order chi connectivity index (χ1) is 9.08. The minimum atomic E-state index is -1.18. The number of aromatic nitrogens is 4. The smallest absolute Gasteiger partial charge is 0.358 e. The Bertz CT molecular complexity index is 595. The normalized spacial score (nSPS) is 10.2. The first-order valence-corrected chi connectivity index (χ1v) is 5.38. The van der Waals surface area contributed by atoms with E-state index in [-0.39, 0.29) is 18.1 Å². The molecular formula is C11H11N5O3. The van der Waals surface area contributed by atoms with E-state index in [0.29, 0.717) is 5.69 Å². The first-order valence-electron chi connectivity index (χ1n) is 5.38. The van der Waals surface area contributed by atoms with Crippen LogP contribution in [0.25, 0.3) is 0 Å². The van der Waals surface area contributed by atoms with Gasteiger partial charge in [-0.3, -0.25) is 9.78 Å². The molecule has 8 nitrogen and oxygen atoms in total. The zero-order valence-electron chi connectivity index (χ0n) is 10.1. The van der Waals surface area contributed by atoms with Gasteiger partial charge in [-0.1, -0.05) is 5.21 Å². The second-order valence-electron chi connectivity index (χ2n) is 3.76. The minimum Gasteiger partial charge on any atom is -0.476 e. The molecule has 0 spiro atoms. The molecule has 0 saturated heterocycles. The Morgan fingerprint density at radius 3 is 2.63 bits per heavy atom. The molecule has 0 bridgehead atoms. The van der Waals surface area contributed by atoms with Gasteiger partial charge >= 0.3 is 5.97 Å². The van der Waals surface area contributed by atoms with Gasteiger partial charge in [0.15, 0.2) is 5.69 Å². The zero-order chi connectivity index (χ0) is 13.8. The van der Waals surface area contributed by atoms with Crippen LogP contribution in [0.2, 0.25) is 0 Å². The van der Waals surface area contributed by atoms with Gasteiger partial charge in [0.1, 0.15) is 6.54 Å². The number of likely N-dealkylation sites (N-methyl/N-ethyl adjacent to an activating group) is 1. The van der Waals surface area contributed by atoms with Crippen molar-refractivity contribution < 1.29 is 14.7 Å². The number of pyridine rings is 1. The predicted molar refractivity (Wildman–Crippen MR) is 64.6 cm³/mol. The molecule has 0 fully saturated rings. The summed E-state index contributed by atoms with van der Waals surface area (Å²) in [6.45, 7) is -0.0842. The van der Waals surface area contributed by atoms with E-state index in [4.69, 9.17) is 5.11 Å². The third-order valence-electron chi connectivity index (χ3n) is 2.48. The van der Waals surface area contributed by atoms with Gasteiger partial charge in [0.2, 0.25) is 5.91 Å². The quantitative estimate of drug-likeness (QED) is 0.833. The van der Waals surface area contributed by atoms with E-state index in [0.717, 1.165) is 0 Å². The van der Waals surface area contributed by atoms with Crippen LogP contribution in [0.4, 0.5) is 5.69 Å². The molecule has 0 atom stereocenters. The number of hydrogen-bond donors (Lipinski definition) is 1. The summed E-state index contributed by atoms with van der Waals surface area (Å²) in [5, 5.41) is 15.7. The molecule has 2 aromatic rings. The monoisotopic (exact) mass is 261 g/mol. The van der Waals surface area contributed by atoms with Crippen molar-refractivity contribution in [1.29, 1.82) is 0 Å². The summed E-state index contributed by atoms with van der Waals surface area (Å²) >= 11 is 0. The van der Waals surface area contributed by atoms with Crippen molar-refractivity contribution in [3.8, 4) is 0 Å². The molecule has 0 radical (unpaired) electrons. The van der Waals surface area contributed by atoms with Crippen molar-refractivity contribution in [1.82, 2.24) is 20.0 Å². The average molecular weight is 261 g/mol. The summed E-state index contributed by atoms with van der Waals surface area (Å²) < 4.78 is 1.18. The number of carboxylic acids is 1. The molecule has 19 heavy (non-hydrogen) atoms. The number of amides is 1. The lowest BCUT2D eigenvalue weighted by atomic mass is 10.3. The van der Waals surface area contributed by atoms with Crippen LogP contribution in [0.1, 0.15) is 10.5 Å². The van der Waals surface area contributed by atoms with E-state index in [2.05, 4.69) is 15.3 Å². The Labute approximate surface area is 108 Å². The number of nitrogens with zero attached hydrogens (tertiary/aromatic N) is 5. The molecule has 1 N–H and O–H groups in total. The van der Waals surface area contributed by atoms with Gasteiger partial charge in [-0.2, -0.15) is 0 Å². The highest BCUT2D eigenvalue weighted by atomic mass is 16.4. The van der Waals surface area contributed by atoms with E-state index < -0.39 is 5.97 Å². The van der Waals surface area contributed by atoms with E-state index in [1.54, 1.807) is 31.6 Å². The highest BCUT2D eigenvalue weighted by molar-refractivity contribution is 5.92. The van der Waals surface area contributed by atoms with E-state index in [9.17, 15) is 9.59 Å². The maximum absolute atomic E-state index is 12.0. The molecule has 98 valence electrons. The van der Waals surface area contributed by atoms with Crippen LogP contribution in [-0.4, -0.2) is 44.0 Å². The maximum Gasteiger partial charge on any atom is 0.358 e. The van der Waals surface area contributed by atoms with Crippen molar-refractivity contribution in [2.24, 2.45) is 0 Å². The van der Waals surface area contributed by atoms with Crippen LogP contribution >= 0.6 is 0 Å². The van der Waals surface area contributed by atoms with E-state index in [1.165, 1.54) is 15.8 Å². The van der Waals surface area contributed by atoms with Gasteiger partial charge < -0.3 is 10.0 Å². The second-order valence-corrected chi connectivity index (χ2v) is 3.76. The van der Waals surface area contributed by atoms with Crippen LogP contribution in [-0.2, 0) is 11.3 Å². The molecule has 2 heterocycles. The Hall–Kier alpha value is -2.77. The van der Waals surface area contributed by atoms with Crippen LogP contribution in [0.5, 0.6) is 0 Å². The number of carbonyl (C=O) groups is 2. The molecule has 1 amide bonds. The van der Waals surface area contributed by atoms with E-state index in [1.807, 2.05) is 0 Å². The van der Waals surface area contributed by atoms with Crippen LogP contribution in [0.3, 0.4) is 0 Å². The summed E-state index contributed by atoms with van der Waals surface area (Å²) in [6.07, 6.45) is 4.37. The van der Waals surface area contributed by atoms with Gasteiger partial charge in [-0.25, -0.2) is 9.48 Å². The van der Waals surface area contributed by atoms with Crippen molar-refractivity contribution in [2.75, 3.05) is 11.9 Å². The molecule has 0 aliphatic heterocycles. The largest absolute Gasteiger partial charge is 0.476 e. The third kappa shape index (κ3) is 2.92. The zero-order valence-corrected chi connectivity index (χ0v) is 10.1. The molecule has 8 heteroatoms. The van der Waals surface area contributed by atoms with Gasteiger partial charge in [0.05, 0.1) is 6.20 Å². The van der Waals surface area contributed by atoms with Crippen molar-refractivity contribution in [3.05, 3.63) is 36.4 Å². The molecule has 2 rings (SSSR count). The molecular weight excluding hydrogens is 250 g/mol. The Balaban J connectivity index is 2.06. The minimum absolute atomic E-state index is 0.0842. The summed E-state index contributed by atoms with van der Waals surface area (Å²) in [6, 6.07) is 3.39. The Morgan fingerprint density at radius 2 is 2.05 bits per heavy atom. The number of hydrogen-bond acceptors (Lipinski definition) is 5. The summed E-state index contributed by atoms with van der Waals surface area (Å²) in [5.74, 6) is -1.42. The first kappa shape index (κ1) is 12.7. The summed E-state index contributed by atoms with van der Waals surface area (Å²) in [7, 11) is 1.62. The Morgan fingerprint density at radius 1 is 1.37 bits per heavy atom. The van der Waals surface area contributed by atoms with Gasteiger partial charge in [0.25, 0.3) is 0 Å². The molecule has 0 aromatic carbocycles. The fraction of sp³-hybridized carbons (Fsp3) is 0.182. The number of anilines is 1. The van der Waals surface area contributed by atoms with Gasteiger partial charge in [0, 0.05) is 25.1 Å². The van der Waals surface area contributed by atoms with Crippen molar-refractivity contribution >= 4 is 17.6 Å². The van der Waals surface area contributed by atoms with Crippen LogP contribution in [0, 0.1) is 0 Å². The number of aromatic carboxylic acids is 1. The maximum atomic E-state index is 12.0. The fourth-order valence-electron chi connectivity index (χ4n) is 1.43. The fourth-order valence-corrected chi connectivity index (χ4v) is 1.43. The molecule has 0 unspecified atom stereocenters. The van der Waals surface area contributed by atoms with Crippen molar-refractivity contribution in [2.45, 2.75) is 6.54 Å². The lowest BCUT2D eigenvalue weighted by Crippen LogP contribution is -2.30. The predicted octanol–water partition coefficient (Wildman–Crippen LogP) is 0.0343. The average Bonchev–Trinajstić information content (AvgIpc) is 2.87. The highest BCUT2D eigenvalue weighted by Crippen LogP contribution is 2.10. The molecule has 0 aliphatic rings. The lowest BCUT2D eigenvalue weighted by molar-refractivity contribution is -0.119. The number of carboxylic acid groups (broad SMARTS) is 1. The Kier molecular flexibility index (Phi) is 3.51. The SMILES string of the molecule is CN(C(=O)Cn1cc(C(=O)O)nn1)c1ccncc1. The second kappa shape index (κ2) is 5.25. The number of rotatable bonds is 4. The molecule has 2 aromatic heterocycles. The summed E-state index contributed by atoms with van der Waals surface area (Å²) in [5.41, 5.74) is 0.498. The van der Waals surface area contributed by atoms with Gasteiger partial charge in [-0.15, -0.1) is 5.10 Å². The lowest BCUT2D eigenvalue weighted by Gasteiger charge is -2.16. The van der Waals surface area contributed by atoms with Crippen LogP contribution < -0.4 is 4.90 Å². The highest BCUT2D eigenvalue weighted by Gasteiger charge is 2.14. The van der Waals surface area contributed by atoms with E-state index >= 15 is 0 Å². The standard InChI is InChI=1S/C11H11N5O3/c1-15(8-2-4-12-5-3-8)10(17)7-16-6-9(11(18)19)13-14-16/h2-6H,7H2,1H3,(H,18,19). The van der Waals surface area contributed by atoms with Crippen LogP contribution in [0.15, 0.2) is 30.7 Å². The summed E-state index contributed by atoms with van der Waals surface area (Å²) in [4.78, 5) is 27.9.